The van der Waals surface area contributed by atoms with E-state index in [1.807, 2.05) is 55.6 Å². The van der Waals surface area contributed by atoms with Crippen LogP contribution in [-0.4, -0.2) is 28.6 Å². The van der Waals surface area contributed by atoms with Crippen molar-refractivity contribution < 1.29 is 9.59 Å². The van der Waals surface area contributed by atoms with E-state index in [1.54, 1.807) is 12.3 Å². The Kier molecular flexibility index (Phi) is 5.66. The van der Waals surface area contributed by atoms with Gasteiger partial charge in [-0.1, -0.05) is 36.4 Å². The van der Waals surface area contributed by atoms with Gasteiger partial charge in [-0.2, -0.15) is 5.10 Å². The zero-order chi connectivity index (χ0) is 19.2. The molecule has 0 aliphatic carbocycles. The summed E-state index contributed by atoms with van der Waals surface area (Å²) in [4.78, 5) is 24.1. The van der Waals surface area contributed by atoms with Crippen molar-refractivity contribution in [2.45, 2.75) is 19.9 Å². The second-order valence-corrected chi connectivity index (χ2v) is 6.39. The molecule has 0 aliphatic rings. The Morgan fingerprint density at radius 1 is 1.15 bits per heavy atom. The summed E-state index contributed by atoms with van der Waals surface area (Å²) in [6, 6.07) is 14.9. The van der Waals surface area contributed by atoms with Gasteiger partial charge in [-0.15, -0.1) is 0 Å². The maximum atomic E-state index is 12.8. The number of H-pyrrole nitrogens is 1. The number of aromatic nitrogens is 2. The number of aromatic amines is 1. The van der Waals surface area contributed by atoms with Crippen LogP contribution in [-0.2, 0) is 4.79 Å². The van der Waals surface area contributed by atoms with Crippen LogP contribution >= 0.6 is 0 Å². The number of hydrogen-bond donors (Lipinski definition) is 3. The summed E-state index contributed by atoms with van der Waals surface area (Å²) in [6.45, 7) is 3.75. The first-order chi connectivity index (χ1) is 13.0. The second kappa shape index (κ2) is 8.31. The number of rotatable bonds is 6. The minimum Gasteiger partial charge on any atom is -0.354 e. The van der Waals surface area contributed by atoms with E-state index in [0.29, 0.717) is 12.1 Å². The van der Waals surface area contributed by atoms with E-state index in [-0.39, 0.29) is 17.9 Å². The fourth-order valence-electron chi connectivity index (χ4n) is 2.95. The van der Waals surface area contributed by atoms with Crippen LogP contribution in [0.4, 0.5) is 0 Å². The van der Waals surface area contributed by atoms with Crippen LogP contribution in [0.3, 0.4) is 0 Å². The molecule has 0 aliphatic heterocycles. The van der Waals surface area contributed by atoms with Gasteiger partial charge in [0.25, 0.3) is 5.91 Å². The Morgan fingerprint density at radius 2 is 1.93 bits per heavy atom. The number of nitrogens with zero attached hydrogens (tertiary/aromatic N) is 1. The predicted molar refractivity (Wildman–Crippen MR) is 104 cm³/mol. The number of nitrogens with one attached hydrogen (secondary N) is 3. The molecule has 6 heteroatoms. The molecule has 6 nitrogen and oxygen atoms in total. The maximum absolute atomic E-state index is 12.8. The van der Waals surface area contributed by atoms with Crippen LogP contribution in [0.15, 0.2) is 60.9 Å². The van der Waals surface area contributed by atoms with E-state index in [0.717, 1.165) is 22.3 Å². The molecule has 0 bridgehead atoms. The minimum atomic E-state index is -0.309. The van der Waals surface area contributed by atoms with Gasteiger partial charge in [-0.05, 0) is 35.7 Å². The first kappa shape index (κ1) is 18.4. The lowest BCUT2D eigenvalue weighted by molar-refractivity contribution is -0.119. The van der Waals surface area contributed by atoms with Gasteiger partial charge in [0, 0.05) is 30.8 Å². The smallest absolute Gasteiger partial charge is 0.251 e. The fourth-order valence-corrected chi connectivity index (χ4v) is 2.95. The molecule has 3 N–H and O–H groups in total. The summed E-state index contributed by atoms with van der Waals surface area (Å²) < 4.78 is 0. The van der Waals surface area contributed by atoms with E-state index >= 15 is 0 Å². The molecule has 3 aromatic rings. The Bertz CT molecular complexity index is 921. The summed E-state index contributed by atoms with van der Waals surface area (Å²) in [5.41, 5.74) is 4.50. The van der Waals surface area contributed by atoms with Gasteiger partial charge in [0.2, 0.25) is 5.91 Å². The van der Waals surface area contributed by atoms with Crippen molar-refractivity contribution in [2.75, 3.05) is 6.54 Å². The molecule has 1 atom stereocenters. The molecule has 0 fully saturated rings. The van der Waals surface area contributed by atoms with Gasteiger partial charge in [-0.3, -0.25) is 14.7 Å². The molecule has 0 spiro atoms. The minimum absolute atomic E-state index is 0.134. The van der Waals surface area contributed by atoms with Crippen molar-refractivity contribution in [3.63, 3.8) is 0 Å². The largest absolute Gasteiger partial charge is 0.354 e. The summed E-state index contributed by atoms with van der Waals surface area (Å²) >= 11 is 0. The monoisotopic (exact) mass is 362 g/mol. The van der Waals surface area contributed by atoms with Crippen LogP contribution in [0.25, 0.3) is 11.1 Å². The normalized spacial score (nSPS) is 11.6. The molecule has 0 radical (unpaired) electrons. The van der Waals surface area contributed by atoms with Crippen LogP contribution in [0.2, 0.25) is 0 Å². The Labute approximate surface area is 158 Å². The third kappa shape index (κ3) is 4.61. The standard InChI is InChI=1S/C21H22N4O2/c1-14-10-17(8-9-19(14)18-11-23-24-12-18)21(27)25-20(13-22-15(2)26)16-6-4-3-5-7-16/h3-12,20H,13H2,1-2H3,(H,22,26)(H,23,24)(H,25,27). The van der Waals surface area contributed by atoms with Gasteiger partial charge in [0.05, 0.1) is 12.2 Å². The van der Waals surface area contributed by atoms with Crippen LogP contribution < -0.4 is 10.6 Å². The molecule has 3 rings (SSSR count). The Balaban J connectivity index is 1.79. The third-order valence-corrected chi connectivity index (χ3v) is 4.36. The van der Waals surface area contributed by atoms with Crippen molar-refractivity contribution in [3.05, 3.63) is 77.6 Å². The van der Waals surface area contributed by atoms with Crippen LogP contribution in [0, 0.1) is 6.92 Å². The summed E-state index contributed by atoms with van der Waals surface area (Å²) in [6.07, 6.45) is 3.57. The molecule has 2 amide bonds. The quantitative estimate of drug-likeness (QED) is 0.630. The molecule has 2 aromatic carbocycles. The first-order valence-electron chi connectivity index (χ1n) is 8.74. The van der Waals surface area contributed by atoms with E-state index in [9.17, 15) is 9.59 Å². The second-order valence-electron chi connectivity index (χ2n) is 6.39. The SMILES string of the molecule is CC(=O)NCC(NC(=O)c1ccc(-c2cn[nH]c2)c(C)c1)c1ccccc1. The average Bonchev–Trinajstić information content (AvgIpc) is 3.19. The summed E-state index contributed by atoms with van der Waals surface area (Å²) in [7, 11) is 0. The van der Waals surface area contributed by atoms with Gasteiger partial charge in [0.1, 0.15) is 0 Å². The van der Waals surface area contributed by atoms with Crippen molar-refractivity contribution in [3.8, 4) is 11.1 Å². The summed E-state index contributed by atoms with van der Waals surface area (Å²) in [5.74, 6) is -0.318. The highest BCUT2D eigenvalue weighted by molar-refractivity contribution is 5.95. The van der Waals surface area contributed by atoms with Crippen molar-refractivity contribution in [1.82, 2.24) is 20.8 Å². The molecular formula is C21H22N4O2. The van der Waals surface area contributed by atoms with E-state index in [1.165, 1.54) is 6.92 Å². The van der Waals surface area contributed by atoms with E-state index in [4.69, 9.17) is 0 Å². The van der Waals surface area contributed by atoms with Gasteiger partial charge in [-0.25, -0.2) is 0 Å². The molecule has 1 aromatic heterocycles. The summed E-state index contributed by atoms with van der Waals surface area (Å²) in [5, 5.41) is 12.6. The zero-order valence-corrected chi connectivity index (χ0v) is 15.3. The fraction of sp³-hybridized carbons (Fsp3) is 0.190. The van der Waals surface area contributed by atoms with Crippen molar-refractivity contribution in [1.29, 1.82) is 0 Å². The predicted octanol–water partition coefficient (Wildman–Crippen LogP) is 2.99. The first-order valence-corrected chi connectivity index (χ1v) is 8.74. The molecular weight excluding hydrogens is 340 g/mol. The number of hydrogen-bond acceptors (Lipinski definition) is 3. The Morgan fingerprint density at radius 3 is 2.56 bits per heavy atom. The van der Waals surface area contributed by atoms with E-state index in [2.05, 4.69) is 20.8 Å². The highest BCUT2D eigenvalue weighted by atomic mass is 16.2. The molecule has 27 heavy (non-hydrogen) atoms. The molecule has 0 saturated carbocycles. The number of aryl methyl sites for hydroxylation is 1. The molecule has 0 saturated heterocycles. The molecule has 1 heterocycles. The van der Waals surface area contributed by atoms with Gasteiger partial charge in [0.15, 0.2) is 0 Å². The highest BCUT2D eigenvalue weighted by Crippen LogP contribution is 2.23. The van der Waals surface area contributed by atoms with E-state index < -0.39 is 0 Å². The maximum Gasteiger partial charge on any atom is 0.251 e. The molecule has 1 unspecified atom stereocenters. The Hall–Kier alpha value is -3.41. The van der Waals surface area contributed by atoms with Crippen LogP contribution in [0.5, 0.6) is 0 Å². The zero-order valence-electron chi connectivity index (χ0n) is 15.3. The number of benzene rings is 2. The van der Waals surface area contributed by atoms with Crippen LogP contribution in [0.1, 0.15) is 34.5 Å². The topological polar surface area (TPSA) is 86.9 Å². The highest BCUT2D eigenvalue weighted by Gasteiger charge is 2.17. The van der Waals surface area contributed by atoms with Crippen molar-refractivity contribution >= 4 is 11.8 Å². The number of carbonyl (C=O) groups excluding carboxylic acids is 2. The molecule has 138 valence electrons. The third-order valence-electron chi connectivity index (χ3n) is 4.36. The van der Waals surface area contributed by atoms with Crippen molar-refractivity contribution in [2.24, 2.45) is 0 Å². The van der Waals surface area contributed by atoms with Gasteiger partial charge < -0.3 is 10.6 Å². The lowest BCUT2D eigenvalue weighted by Gasteiger charge is -2.20. The number of carbonyl (C=O) groups is 2. The average molecular weight is 362 g/mol. The lowest BCUT2D eigenvalue weighted by Crippen LogP contribution is -2.37. The lowest BCUT2D eigenvalue weighted by atomic mass is 10.00. The number of amides is 2. The van der Waals surface area contributed by atoms with Gasteiger partial charge >= 0.3 is 0 Å².